The molecule has 0 fully saturated rings. The molecule has 0 aromatic heterocycles. The molecule has 5 nitrogen and oxygen atoms in total. The van der Waals surface area contributed by atoms with E-state index in [1.165, 1.54) is 0 Å². The molecule has 0 spiro atoms. The predicted molar refractivity (Wildman–Crippen MR) is 72.9 cm³/mol. The topological polar surface area (TPSA) is 84.2 Å². The van der Waals surface area contributed by atoms with Crippen molar-refractivity contribution in [1.82, 2.24) is 10.6 Å². The molecule has 0 saturated heterocycles. The van der Waals surface area contributed by atoms with Crippen LogP contribution in [-0.4, -0.2) is 30.9 Å². The van der Waals surface area contributed by atoms with Gasteiger partial charge in [0.05, 0.1) is 12.6 Å². The molecule has 18 heavy (non-hydrogen) atoms. The van der Waals surface area contributed by atoms with Crippen molar-refractivity contribution in [1.29, 1.82) is 0 Å². The SMILES string of the molecule is CC(C)CCNC(=O)CNC(=O)[C@@H](N)CC(C)C. The van der Waals surface area contributed by atoms with Crippen LogP contribution in [0.5, 0.6) is 0 Å². The smallest absolute Gasteiger partial charge is 0.239 e. The van der Waals surface area contributed by atoms with E-state index >= 15 is 0 Å². The van der Waals surface area contributed by atoms with Crippen molar-refractivity contribution >= 4 is 11.8 Å². The number of rotatable bonds is 8. The van der Waals surface area contributed by atoms with Gasteiger partial charge in [-0.3, -0.25) is 9.59 Å². The minimum atomic E-state index is -0.534. The molecule has 2 amide bonds. The maximum absolute atomic E-state index is 11.5. The highest BCUT2D eigenvalue weighted by molar-refractivity contribution is 5.87. The van der Waals surface area contributed by atoms with Crippen LogP contribution >= 0.6 is 0 Å². The molecule has 5 heteroatoms. The molecule has 4 N–H and O–H groups in total. The van der Waals surface area contributed by atoms with E-state index in [9.17, 15) is 9.59 Å². The number of carbonyl (C=O) groups is 2. The third-order valence-electron chi connectivity index (χ3n) is 2.53. The zero-order chi connectivity index (χ0) is 14.1. The fourth-order valence-electron chi connectivity index (χ4n) is 1.48. The minimum absolute atomic E-state index is 0.00270. The largest absolute Gasteiger partial charge is 0.355 e. The summed E-state index contributed by atoms with van der Waals surface area (Å²) >= 11 is 0. The van der Waals surface area contributed by atoms with Crippen molar-refractivity contribution in [2.45, 2.75) is 46.6 Å². The zero-order valence-corrected chi connectivity index (χ0v) is 12.0. The van der Waals surface area contributed by atoms with Crippen molar-refractivity contribution in [3.05, 3.63) is 0 Å². The lowest BCUT2D eigenvalue weighted by Gasteiger charge is -2.14. The summed E-state index contributed by atoms with van der Waals surface area (Å²) < 4.78 is 0. The summed E-state index contributed by atoms with van der Waals surface area (Å²) in [5.74, 6) is 0.494. The van der Waals surface area contributed by atoms with Gasteiger partial charge < -0.3 is 16.4 Å². The Bertz CT molecular complexity index is 265. The molecule has 1 atom stereocenters. The highest BCUT2D eigenvalue weighted by Crippen LogP contribution is 2.02. The van der Waals surface area contributed by atoms with E-state index in [1.807, 2.05) is 13.8 Å². The van der Waals surface area contributed by atoms with E-state index in [0.29, 0.717) is 24.8 Å². The molecule has 0 heterocycles. The maximum atomic E-state index is 11.5. The summed E-state index contributed by atoms with van der Waals surface area (Å²) in [6, 6.07) is -0.534. The first-order valence-corrected chi connectivity index (χ1v) is 6.63. The van der Waals surface area contributed by atoms with Gasteiger partial charge in [-0.15, -0.1) is 0 Å². The molecule has 0 radical (unpaired) electrons. The van der Waals surface area contributed by atoms with Crippen molar-refractivity contribution < 1.29 is 9.59 Å². The summed E-state index contributed by atoms with van der Waals surface area (Å²) in [6.07, 6.45) is 1.56. The number of nitrogens with one attached hydrogen (secondary N) is 2. The molecular weight excluding hydrogens is 230 g/mol. The third kappa shape index (κ3) is 8.98. The van der Waals surface area contributed by atoms with Gasteiger partial charge >= 0.3 is 0 Å². The molecule has 0 rings (SSSR count). The summed E-state index contributed by atoms with van der Waals surface area (Å²) in [5, 5.41) is 5.30. The van der Waals surface area contributed by atoms with Crippen molar-refractivity contribution in [3.8, 4) is 0 Å². The first-order chi connectivity index (χ1) is 8.32. The average Bonchev–Trinajstić information content (AvgIpc) is 2.24. The maximum Gasteiger partial charge on any atom is 0.239 e. The standard InChI is InChI=1S/C13H27N3O2/c1-9(2)5-6-15-12(17)8-16-13(18)11(14)7-10(3)4/h9-11H,5-8,14H2,1-4H3,(H,15,17)(H,16,18)/t11-/m0/s1. The van der Waals surface area contributed by atoms with Gasteiger partial charge in [0.1, 0.15) is 0 Å². The van der Waals surface area contributed by atoms with Gasteiger partial charge in [0.15, 0.2) is 0 Å². The lowest BCUT2D eigenvalue weighted by Crippen LogP contribution is -2.45. The van der Waals surface area contributed by atoms with Crippen LogP contribution in [0.3, 0.4) is 0 Å². The molecule has 0 aliphatic heterocycles. The van der Waals surface area contributed by atoms with Gasteiger partial charge in [0, 0.05) is 6.54 Å². The van der Waals surface area contributed by atoms with E-state index in [4.69, 9.17) is 5.73 Å². The molecule has 0 bridgehead atoms. The van der Waals surface area contributed by atoms with Crippen LogP contribution in [0.25, 0.3) is 0 Å². The Morgan fingerprint density at radius 1 is 1.06 bits per heavy atom. The molecule has 0 aromatic carbocycles. The van der Waals surface area contributed by atoms with Gasteiger partial charge in [-0.25, -0.2) is 0 Å². The Morgan fingerprint density at radius 2 is 1.67 bits per heavy atom. The predicted octanol–water partition coefficient (Wildman–Crippen LogP) is 0.638. The lowest BCUT2D eigenvalue weighted by atomic mass is 10.0. The number of hydrogen-bond donors (Lipinski definition) is 3. The van der Waals surface area contributed by atoms with Gasteiger partial charge in [0.2, 0.25) is 11.8 Å². The fourth-order valence-corrected chi connectivity index (χ4v) is 1.48. The molecule has 0 unspecified atom stereocenters. The number of nitrogens with two attached hydrogens (primary N) is 1. The summed E-state index contributed by atoms with van der Waals surface area (Å²) in [6.45, 7) is 8.85. The Morgan fingerprint density at radius 3 is 2.17 bits per heavy atom. The van der Waals surface area contributed by atoms with Gasteiger partial charge in [-0.05, 0) is 24.7 Å². The fraction of sp³-hybridized carbons (Fsp3) is 0.846. The Kier molecular flexibility index (Phi) is 8.37. The first-order valence-electron chi connectivity index (χ1n) is 6.63. The normalized spacial score (nSPS) is 12.6. The third-order valence-corrected chi connectivity index (χ3v) is 2.53. The van der Waals surface area contributed by atoms with E-state index in [2.05, 4.69) is 24.5 Å². The number of hydrogen-bond acceptors (Lipinski definition) is 3. The van der Waals surface area contributed by atoms with Crippen LogP contribution in [0.15, 0.2) is 0 Å². The van der Waals surface area contributed by atoms with E-state index in [-0.39, 0.29) is 18.4 Å². The second-order valence-corrected chi connectivity index (χ2v) is 5.49. The number of amides is 2. The highest BCUT2D eigenvalue weighted by Gasteiger charge is 2.15. The van der Waals surface area contributed by atoms with Crippen molar-refractivity contribution in [2.24, 2.45) is 17.6 Å². The van der Waals surface area contributed by atoms with E-state index < -0.39 is 6.04 Å². The Labute approximate surface area is 110 Å². The molecular formula is C13H27N3O2. The molecule has 106 valence electrons. The quantitative estimate of drug-likeness (QED) is 0.596. The first kappa shape index (κ1) is 16.9. The zero-order valence-electron chi connectivity index (χ0n) is 12.0. The summed E-state index contributed by atoms with van der Waals surface area (Å²) in [5.41, 5.74) is 5.70. The second kappa shape index (κ2) is 8.91. The van der Waals surface area contributed by atoms with Crippen LogP contribution < -0.4 is 16.4 Å². The Balaban J connectivity index is 3.74. The van der Waals surface area contributed by atoms with Crippen molar-refractivity contribution in [3.63, 3.8) is 0 Å². The van der Waals surface area contributed by atoms with Crippen LogP contribution in [0.4, 0.5) is 0 Å². The van der Waals surface area contributed by atoms with Crippen LogP contribution in [0.2, 0.25) is 0 Å². The van der Waals surface area contributed by atoms with E-state index in [1.54, 1.807) is 0 Å². The highest BCUT2D eigenvalue weighted by atomic mass is 16.2. The lowest BCUT2D eigenvalue weighted by molar-refractivity contribution is -0.127. The summed E-state index contributed by atoms with van der Waals surface area (Å²) in [7, 11) is 0. The monoisotopic (exact) mass is 257 g/mol. The molecule has 0 aliphatic rings. The second-order valence-electron chi connectivity index (χ2n) is 5.49. The summed E-state index contributed by atoms with van der Waals surface area (Å²) in [4.78, 5) is 23.0. The molecule has 0 saturated carbocycles. The van der Waals surface area contributed by atoms with Crippen LogP contribution in [0, 0.1) is 11.8 Å². The van der Waals surface area contributed by atoms with Crippen LogP contribution in [-0.2, 0) is 9.59 Å². The van der Waals surface area contributed by atoms with Gasteiger partial charge in [-0.1, -0.05) is 27.7 Å². The van der Waals surface area contributed by atoms with Crippen molar-refractivity contribution in [2.75, 3.05) is 13.1 Å². The molecule has 0 aromatic rings. The van der Waals surface area contributed by atoms with Gasteiger partial charge in [-0.2, -0.15) is 0 Å². The number of carbonyl (C=O) groups excluding carboxylic acids is 2. The average molecular weight is 257 g/mol. The van der Waals surface area contributed by atoms with Gasteiger partial charge in [0.25, 0.3) is 0 Å². The van der Waals surface area contributed by atoms with E-state index in [0.717, 1.165) is 6.42 Å². The molecule has 0 aliphatic carbocycles. The minimum Gasteiger partial charge on any atom is -0.355 e. The van der Waals surface area contributed by atoms with Crippen LogP contribution in [0.1, 0.15) is 40.5 Å². The Hall–Kier alpha value is -1.10.